The second-order valence-electron chi connectivity index (χ2n) is 5.37. The summed E-state index contributed by atoms with van der Waals surface area (Å²) in [5.41, 5.74) is 7.81. The van der Waals surface area contributed by atoms with E-state index >= 15 is 0 Å². The molecule has 0 radical (unpaired) electrons. The molecule has 19 heavy (non-hydrogen) atoms. The second kappa shape index (κ2) is 6.92. The van der Waals surface area contributed by atoms with Crippen LogP contribution >= 0.6 is 0 Å². The van der Waals surface area contributed by atoms with E-state index in [2.05, 4.69) is 45.0 Å². The molecule has 0 fully saturated rings. The molecule has 108 valence electrons. The maximum atomic E-state index is 6.52. The highest BCUT2D eigenvalue weighted by molar-refractivity contribution is 5.29. The lowest BCUT2D eigenvalue weighted by molar-refractivity contribution is 0.105. The van der Waals surface area contributed by atoms with Gasteiger partial charge in [0.2, 0.25) is 0 Å². The van der Waals surface area contributed by atoms with E-state index in [4.69, 9.17) is 10.5 Å². The molecule has 1 aromatic rings. The Balaban J connectivity index is 2.89. The predicted molar refractivity (Wildman–Crippen MR) is 81.7 cm³/mol. The van der Waals surface area contributed by atoms with Crippen molar-refractivity contribution in [3.8, 4) is 5.75 Å². The third kappa shape index (κ3) is 3.48. The first kappa shape index (κ1) is 16.0. The second-order valence-corrected chi connectivity index (χ2v) is 5.37. The summed E-state index contributed by atoms with van der Waals surface area (Å²) in [6.45, 7) is 4.43. The number of nitrogens with zero attached hydrogens (tertiary/aromatic N) is 1. The molecule has 1 unspecified atom stereocenters. The summed E-state index contributed by atoms with van der Waals surface area (Å²) >= 11 is 0. The number of methoxy groups -OCH3 is 1. The fraction of sp³-hybridized carbons (Fsp3) is 0.625. The molecule has 1 aromatic carbocycles. The molecule has 0 heterocycles. The van der Waals surface area contributed by atoms with Gasteiger partial charge in [0, 0.05) is 11.6 Å². The maximum Gasteiger partial charge on any atom is 0.119 e. The SMILES string of the molecule is CCC(CC)(C(N)Cc1cccc(OC)c1)N(C)C. The average molecular weight is 264 g/mol. The summed E-state index contributed by atoms with van der Waals surface area (Å²) in [5.74, 6) is 0.896. The largest absolute Gasteiger partial charge is 0.497 e. The summed E-state index contributed by atoms with van der Waals surface area (Å²) in [6.07, 6.45) is 2.99. The van der Waals surface area contributed by atoms with Crippen LogP contribution in [0.5, 0.6) is 5.75 Å². The standard InChI is InChI=1S/C16H28N2O/c1-6-16(7-2,18(3)4)15(17)12-13-9-8-10-14(11-13)19-5/h8-11,15H,6-7,12,17H2,1-5H3. The number of rotatable bonds is 7. The van der Waals surface area contributed by atoms with E-state index in [1.165, 1.54) is 5.56 Å². The molecule has 0 saturated carbocycles. The van der Waals surface area contributed by atoms with Crippen LogP contribution in [-0.2, 0) is 6.42 Å². The van der Waals surface area contributed by atoms with Gasteiger partial charge in [-0.05, 0) is 51.1 Å². The molecule has 1 atom stereocenters. The van der Waals surface area contributed by atoms with E-state index < -0.39 is 0 Å². The molecule has 0 amide bonds. The average Bonchev–Trinajstić information content (AvgIpc) is 2.40. The van der Waals surface area contributed by atoms with Crippen molar-refractivity contribution >= 4 is 0 Å². The summed E-state index contributed by atoms with van der Waals surface area (Å²) in [4.78, 5) is 2.28. The Bertz CT molecular complexity index is 386. The fourth-order valence-corrected chi connectivity index (χ4v) is 2.98. The first-order valence-electron chi connectivity index (χ1n) is 7.06. The number of ether oxygens (including phenoxy) is 1. The van der Waals surface area contributed by atoms with Crippen molar-refractivity contribution in [2.75, 3.05) is 21.2 Å². The van der Waals surface area contributed by atoms with Gasteiger partial charge in [0.25, 0.3) is 0 Å². The minimum Gasteiger partial charge on any atom is -0.497 e. The summed E-state index contributed by atoms with van der Waals surface area (Å²) in [7, 11) is 5.94. The Kier molecular flexibility index (Phi) is 5.83. The quantitative estimate of drug-likeness (QED) is 0.823. The van der Waals surface area contributed by atoms with Crippen molar-refractivity contribution in [2.45, 2.75) is 44.7 Å². The zero-order valence-corrected chi connectivity index (χ0v) is 12.9. The van der Waals surface area contributed by atoms with E-state index in [9.17, 15) is 0 Å². The minimum atomic E-state index is 0.0586. The Morgan fingerprint density at radius 3 is 2.37 bits per heavy atom. The van der Waals surface area contributed by atoms with Gasteiger partial charge in [-0.3, -0.25) is 0 Å². The van der Waals surface area contributed by atoms with Crippen LogP contribution in [-0.4, -0.2) is 37.7 Å². The topological polar surface area (TPSA) is 38.5 Å². The normalized spacial score (nSPS) is 13.6. The zero-order chi connectivity index (χ0) is 14.5. The van der Waals surface area contributed by atoms with Crippen LogP contribution in [0.1, 0.15) is 32.3 Å². The Labute approximate surface area is 117 Å². The van der Waals surface area contributed by atoms with Gasteiger partial charge < -0.3 is 15.4 Å². The van der Waals surface area contributed by atoms with Crippen molar-refractivity contribution in [1.82, 2.24) is 4.90 Å². The number of benzene rings is 1. The predicted octanol–water partition coefficient (Wildman–Crippen LogP) is 2.69. The Morgan fingerprint density at radius 1 is 1.26 bits per heavy atom. The van der Waals surface area contributed by atoms with E-state index in [1.54, 1.807) is 7.11 Å². The van der Waals surface area contributed by atoms with Crippen LogP contribution in [0, 0.1) is 0 Å². The number of likely N-dealkylation sites (N-methyl/N-ethyl adjacent to an activating group) is 1. The van der Waals surface area contributed by atoms with Crippen LogP contribution in [0.15, 0.2) is 24.3 Å². The minimum absolute atomic E-state index is 0.0586. The van der Waals surface area contributed by atoms with Gasteiger partial charge in [-0.15, -0.1) is 0 Å². The highest BCUT2D eigenvalue weighted by Crippen LogP contribution is 2.27. The lowest BCUT2D eigenvalue weighted by Crippen LogP contribution is -2.57. The Hall–Kier alpha value is -1.06. The van der Waals surface area contributed by atoms with E-state index in [1.807, 2.05) is 12.1 Å². The third-order valence-corrected chi connectivity index (χ3v) is 4.40. The van der Waals surface area contributed by atoms with E-state index in [0.717, 1.165) is 25.0 Å². The number of hydrogen-bond donors (Lipinski definition) is 1. The van der Waals surface area contributed by atoms with Crippen LogP contribution in [0.2, 0.25) is 0 Å². The molecule has 0 bridgehead atoms. The smallest absolute Gasteiger partial charge is 0.119 e. The van der Waals surface area contributed by atoms with Crippen LogP contribution in [0.4, 0.5) is 0 Å². The number of nitrogens with two attached hydrogens (primary N) is 1. The molecule has 0 aromatic heterocycles. The molecule has 0 aliphatic heterocycles. The first-order valence-corrected chi connectivity index (χ1v) is 7.06. The molecule has 0 aliphatic carbocycles. The molecule has 2 N–H and O–H groups in total. The summed E-state index contributed by atoms with van der Waals surface area (Å²) < 4.78 is 5.27. The monoisotopic (exact) mass is 264 g/mol. The zero-order valence-electron chi connectivity index (χ0n) is 12.9. The first-order chi connectivity index (χ1) is 9.00. The molecule has 0 aliphatic rings. The summed E-state index contributed by atoms with van der Waals surface area (Å²) in [5, 5.41) is 0. The molecule has 0 saturated heterocycles. The van der Waals surface area contributed by atoms with Gasteiger partial charge in [-0.2, -0.15) is 0 Å². The Morgan fingerprint density at radius 2 is 1.89 bits per heavy atom. The van der Waals surface area contributed by atoms with Crippen molar-refractivity contribution in [2.24, 2.45) is 5.73 Å². The molecule has 0 spiro atoms. The van der Waals surface area contributed by atoms with Crippen LogP contribution in [0.25, 0.3) is 0 Å². The van der Waals surface area contributed by atoms with Crippen molar-refractivity contribution in [3.05, 3.63) is 29.8 Å². The van der Waals surface area contributed by atoms with Crippen molar-refractivity contribution < 1.29 is 4.74 Å². The maximum absolute atomic E-state index is 6.52. The van der Waals surface area contributed by atoms with Crippen LogP contribution in [0.3, 0.4) is 0 Å². The van der Waals surface area contributed by atoms with Crippen LogP contribution < -0.4 is 10.5 Å². The lowest BCUT2D eigenvalue weighted by atomic mass is 9.81. The lowest BCUT2D eigenvalue weighted by Gasteiger charge is -2.43. The van der Waals surface area contributed by atoms with Gasteiger partial charge in [0.15, 0.2) is 0 Å². The van der Waals surface area contributed by atoms with Crippen molar-refractivity contribution in [1.29, 1.82) is 0 Å². The van der Waals surface area contributed by atoms with Gasteiger partial charge in [-0.25, -0.2) is 0 Å². The molecular weight excluding hydrogens is 236 g/mol. The summed E-state index contributed by atoms with van der Waals surface area (Å²) in [6, 6.07) is 8.30. The molecular formula is C16H28N2O. The van der Waals surface area contributed by atoms with E-state index in [0.29, 0.717) is 0 Å². The molecule has 3 nitrogen and oxygen atoms in total. The van der Waals surface area contributed by atoms with Crippen molar-refractivity contribution in [3.63, 3.8) is 0 Å². The van der Waals surface area contributed by atoms with Gasteiger partial charge in [0.05, 0.1) is 7.11 Å². The molecule has 3 heteroatoms. The van der Waals surface area contributed by atoms with Gasteiger partial charge in [-0.1, -0.05) is 26.0 Å². The highest BCUT2D eigenvalue weighted by Gasteiger charge is 2.35. The third-order valence-electron chi connectivity index (χ3n) is 4.40. The van der Waals surface area contributed by atoms with Gasteiger partial charge in [0.1, 0.15) is 5.75 Å². The van der Waals surface area contributed by atoms with E-state index in [-0.39, 0.29) is 11.6 Å². The highest BCUT2D eigenvalue weighted by atomic mass is 16.5. The fourth-order valence-electron chi connectivity index (χ4n) is 2.98. The molecule has 1 rings (SSSR count). The van der Waals surface area contributed by atoms with Gasteiger partial charge >= 0.3 is 0 Å². The number of hydrogen-bond acceptors (Lipinski definition) is 3.